The molecular weight excluding hydrogens is 432 g/mol. The van der Waals surface area contributed by atoms with Crippen LogP contribution in [0.3, 0.4) is 0 Å². The molecule has 1 amide bonds. The van der Waals surface area contributed by atoms with Crippen molar-refractivity contribution in [3.8, 4) is 0 Å². The molecule has 0 saturated heterocycles. The van der Waals surface area contributed by atoms with Crippen molar-refractivity contribution in [2.45, 2.75) is 0 Å². The molecule has 0 aliphatic carbocycles. The zero-order valence-electron chi connectivity index (χ0n) is 15.3. The second kappa shape index (κ2) is 9.01. The van der Waals surface area contributed by atoms with E-state index in [4.69, 9.17) is 0 Å². The number of carbonyl (C=O) groups excluding carboxylic acids is 1. The number of hydrazone groups is 1. The first-order chi connectivity index (χ1) is 12.7. The Morgan fingerprint density at radius 2 is 1.81 bits per heavy atom. The quantitative estimate of drug-likeness (QED) is 0.516. The summed E-state index contributed by atoms with van der Waals surface area (Å²) in [7, 11) is 0.268. The van der Waals surface area contributed by atoms with Crippen LogP contribution < -0.4 is 14.6 Å². The van der Waals surface area contributed by atoms with Crippen molar-refractivity contribution in [1.29, 1.82) is 0 Å². The molecule has 0 aromatic heterocycles. The number of nitrogens with zero attached hydrogens (tertiary/aromatic N) is 3. The lowest BCUT2D eigenvalue weighted by atomic mass is 10.2. The third-order valence-corrected chi connectivity index (χ3v) is 5.23. The molecule has 0 atom stereocenters. The Kier molecular flexibility index (Phi) is 6.98. The lowest BCUT2D eigenvalue weighted by Crippen LogP contribution is -2.39. The van der Waals surface area contributed by atoms with Gasteiger partial charge in [-0.05, 0) is 35.9 Å². The highest BCUT2D eigenvalue weighted by Crippen LogP contribution is 2.21. The lowest BCUT2D eigenvalue weighted by molar-refractivity contribution is -0.119. The van der Waals surface area contributed by atoms with Crippen molar-refractivity contribution in [2.24, 2.45) is 5.10 Å². The van der Waals surface area contributed by atoms with Gasteiger partial charge in [-0.25, -0.2) is 13.8 Å². The van der Waals surface area contributed by atoms with Gasteiger partial charge in [0.2, 0.25) is 10.0 Å². The van der Waals surface area contributed by atoms with Gasteiger partial charge in [0, 0.05) is 24.3 Å². The van der Waals surface area contributed by atoms with Gasteiger partial charge in [-0.3, -0.25) is 9.10 Å². The van der Waals surface area contributed by atoms with Crippen molar-refractivity contribution >= 4 is 49.4 Å². The number of benzene rings is 2. The van der Waals surface area contributed by atoms with Crippen molar-refractivity contribution in [3.05, 3.63) is 58.6 Å². The van der Waals surface area contributed by atoms with Gasteiger partial charge in [-0.1, -0.05) is 34.1 Å². The largest absolute Gasteiger partial charge is 0.378 e. The van der Waals surface area contributed by atoms with E-state index in [0.717, 1.165) is 21.8 Å². The van der Waals surface area contributed by atoms with Gasteiger partial charge in [-0.15, -0.1) is 0 Å². The monoisotopic (exact) mass is 452 g/mol. The van der Waals surface area contributed by atoms with Gasteiger partial charge in [0.1, 0.15) is 6.54 Å². The molecule has 0 saturated carbocycles. The van der Waals surface area contributed by atoms with E-state index >= 15 is 0 Å². The molecule has 0 radical (unpaired) electrons. The van der Waals surface area contributed by atoms with Crippen molar-refractivity contribution < 1.29 is 13.2 Å². The van der Waals surface area contributed by atoms with Crippen LogP contribution in [0.25, 0.3) is 0 Å². The Bertz CT molecular complexity index is 928. The Labute approximate surface area is 167 Å². The summed E-state index contributed by atoms with van der Waals surface area (Å²) in [4.78, 5) is 14.1. The van der Waals surface area contributed by atoms with Gasteiger partial charge < -0.3 is 4.90 Å². The minimum atomic E-state index is -3.62. The molecule has 144 valence electrons. The summed E-state index contributed by atoms with van der Waals surface area (Å²) in [6.07, 6.45) is 2.55. The number of hydrogen-bond acceptors (Lipinski definition) is 5. The fourth-order valence-electron chi connectivity index (χ4n) is 2.23. The molecule has 0 fully saturated rings. The maximum atomic E-state index is 12.1. The summed E-state index contributed by atoms with van der Waals surface area (Å²) in [6, 6.07) is 14.3. The van der Waals surface area contributed by atoms with Crippen molar-refractivity contribution in [2.75, 3.05) is 36.1 Å². The normalized spacial score (nSPS) is 11.4. The summed E-state index contributed by atoms with van der Waals surface area (Å²) in [6.45, 7) is -0.369. The molecule has 0 spiro atoms. The van der Waals surface area contributed by atoms with Gasteiger partial charge in [-0.2, -0.15) is 5.10 Å². The maximum absolute atomic E-state index is 12.1. The fourth-order valence-corrected chi connectivity index (χ4v) is 3.47. The van der Waals surface area contributed by atoms with Crippen LogP contribution in [0.5, 0.6) is 0 Å². The smallest absolute Gasteiger partial charge is 0.260 e. The SMILES string of the molecule is CN(C)c1ccc(/C=N/NC(=O)CN(c2cccc(Br)c2)S(C)(=O)=O)cc1. The number of sulfonamides is 1. The molecule has 2 rings (SSSR count). The summed E-state index contributed by atoms with van der Waals surface area (Å²) in [5.74, 6) is -0.540. The molecule has 0 heterocycles. The minimum Gasteiger partial charge on any atom is -0.378 e. The van der Waals surface area contributed by atoms with E-state index in [1.54, 1.807) is 24.3 Å². The number of carbonyl (C=O) groups is 1. The standard InChI is InChI=1S/C18H21BrN4O3S/c1-22(2)16-9-7-14(8-10-16)12-20-21-18(24)13-23(27(3,25)26)17-6-4-5-15(19)11-17/h4-12H,13H2,1-3H3,(H,21,24)/b20-12+. The molecule has 9 heteroatoms. The summed E-state index contributed by atoms with van der Waals surface area (Å²) >= 11 is 3.30. The average Bonchev–Trinajstić information content (AvgIpc) is 2.59. The molecule has 27 heavy (non-hydrogen) atoms. The minimum absolute atomic E-state index is 0.369. The molecule has 0 aliphatic heterocycles. The van der Waals surface area contributed by atoms with E-state index < -0.39 is 15.9 Å². The molecule has 0 unspecified atom stereocenters. The molecule has 7 nitrogen and oxygen atoms in total. The molecule has 2 aromatic carbocycles. The molecular formula is C18H21BrN4O3S. The number of anilines is 2. The molecule has 0 bridgehead atoms. The maximum Gasteiger partial charge on any atom is 0.260 e. The molecule has 1 N–H and O–H groups in total. The Hall–Kier alpha value is -2.39. The van der Waals surface area contributed by atoms with E-state index in [2.05, 4.69) is 26.5 Å². The van der Waals surface area contributed by atoms with E-state index in [9.17, 15) is 13.2 Å². The lowest BCUT2D eigenvalue weighted by Gasteiger charge is -2.21. The Morgan fingerprint density at radius 3 is 2.37 bits per heavy atom. The summed E-state index contributed by atoms with van der Waals surface area (Å²) in [5, 5.41) is 3.89. The van der Waals surface area contributed by atoms with Crippen LogP contribution in [0.2, 0.25) is 0 Å². The number of hydrogen-bond donors (Lipinski definition) is 1. The highest BCUT2D eigenvalue weighted by Gasteiger charge is 2.20. The predicted octanol–water partition coefficient (Wildman–Crippen LogP) is 2.43. The number of rotatable bonds is 7. The van der Waals surface area contributed by atoms with Gasteiger partial charge in [0.25, 0.3) is 5.91 Å². The number of nitrogens with one attached hydrogen (secondary N) is 1. The molecule has 0 aliphatic rings. The van der Waals surface area contributed by atoms with E-state index in [1.807, 2.05) is 43.3 Å². The molecule has 2 aromatic rings. The van der Waals surface area contributed by atoms with E-state index in [1.165, 1.54) is 6.21 Å². The summed E-state index contributed by atoms with van der Waals surface area (Å²) in [5.41, 5.74) is 4.61. The fraction of sp³-hybridized carbons (Fsp3) is 0.222. The van der Waals surface area contributed by atoms with Crippen LogP contribution in [0.1, 0.15) is 5.56 Å². The Balaban J connectivity index is 2.03. The highest BCUT2D eigenvalue weighted by atomic mass is 79.9. The third-order valence-electron chi connectivity index (χ3n) is 3.60. The second-order valence-corrected chi connectivity index (χ2v) is 8.85. The first-order valence-electron chi connectivity index (χ1n) is 7.99. The van der Waals surface area contributed by atoms with Gasteiger partial charge >= 0.3 is 0 Å². The van der Waals surface area contributed by atoms with E-state index in [0.29, 0.717) is 10.2 Å². The van der Waals surface area contributed by atoms with Crippen LogP contribution >= 0.6 is 15.9 Å². The van der Waals surface area contributed by atoms with Crippen molar-refractivity contribution in [3.63, 3.8) is 0 Å². The zero-order chi connectivity index (χ0) is 20.0. The van der Waals surface area contributed by atoms with Crippen LogP contribution in [-0.4, -0.2) is 47.4 Å². The van der Waals surface area contributed by atoms with Crippen LogP contribution in [-0.2, 0) is 14.8 Å². The van der Waals surface area contributed by atoms with Crippen molar-refractivity contribution in [1.82, 2.24) is 5.43 Å². The Morgan fingerprint density at radius 1 is 1.15 bits per heavy atom. The van der Waals surface area contributed by atoms with Gasteiger partial charge in [0.05, 0.1) is 18.2 Å². The average molecular weight is 453 g/mol. The highest BCUT2D eigenvalue weighted by molar-refractivity contribution is 9.10. The van der Waals surface area contributed by atoms with Gasteiger partial charge in [0.15, 0.2) is 0 Å². The first-order valence-corrected chi connectivity index (χ1v) is 10.6. The number of amides is 1. The first kappa shape index (κ1) is 20.9. The predicted molar refractivity (Wildman–Crippen MR) is 113 cm³/mol. The zero-order valence-corrected chi connectivity index (χ0v) is 17.7. The van der Waals surface area contributed by atoms with Crippen LogP contribution in [0.4, 0.5) is 11.4 Å². The topological polar surface area (TPSA) is 82.1 Å². The van der Waals surface area contributed by atoms with E-state index in [-0.39, 0.29) is 6.54 Å². The third kappa shape index (κ3) is 6.37. The second-order valence-electron chi connectivity index (χ2n) is 6.03. The van der Waals surface area contributed by atoms with Crippen LogP contribution in [0.15, 0.2) is 58.1 Å². The number of halogens is 1. The summed E-state index contributed by atoms with van der Waals surface area (Å²) < 4.78 is 25.8. The van der Waals surface area contributed by atoms with Crippen LogP contribution in [0, 0.1) is 0 Å².